The van der Waals surface area contributed by atoms with Crippen LogP contribution >= 0.6 is 0 Å². The Hall–Kier alpha value is -2.24. The van der Waals surface area contributed by atoms with Gasteiger partial charge in [0.05, 0.1) is 20.6 Å². The summed E-state index contributed by atoms with van der Waals surface area (Å²) in [5.41, 5.74) is 0.839. The van der Waals surface area contributed by atoms with E-state index in [0.29, 0.717) is 24.6 Å². The quantitative estimate of drug-likeness (QED) is 0.640. The lowest BCUT2D eigenvalue weighted by Crippen LogP contribution is -2.37. The van der Waals surface area contributed by atoms with Crippen LogP contribution in [-0.2, 0) is 16.0 Å². The Balaban J connectivity index is 2.38. The number of carbonyl (C=O) groups is 2. The highest BCUT2D eigenvalue weighted by atomic mass is 16.5. The third-order valence-electron chi connectivity index (χ3n) is 3.92. The van der Waals surface area contributed by atoms with Gasteiger partial charge in [0.25, 0.3) is 0 Å². The van der Waals surface area contributed by atoms with Gasteiger partial charge < -0.3 is 20.1 Å². The number of benzene rings is 1. The van der Waals surface area contributed by atoms with Gasteiger partial charge in [0.2, 0.25) is 11.8 Å². The average molecular weight is 336 g/mol. The molecule has 0 aliphatic rings. The molecule has 0 aliphatic carbocycles. The van der Waals surface area contributed by atoms with Gasteiger partial charge in [0.1, 0.15) is 0 Å². The van der Waals surface area contributed by atoms with Gasteiger partial charge in [-0.25, -0.2) is 0 Å². The third kappa shape index (κ3) is 6.10. The Labute approximate surface area is 143 Å². The lowest BCUT2D eigenvalue weighted by Gasteiger charge is -2.13. The van der Waals surface area contributed by atoms with E-state index < -0.39 is 0 Å². The molecule has 1 aromatic rings. The summed E-state index contributed by atoms with van der Waals surface area (Å²) < 4.78 is 10.4. The molecular formula is C18H28N2O4. The van der Waals surface area contributed by atoms with Crippen molar-refractivity contribution in [2.45, 2.75) is 33.1 Å². The van der Waals surface area contributed by atoms with Gasteiger partial charge in [-0.15, -0.1) is 0 Å². The van der Waals surface area contributed by atoms with Gasteiger partial charge in [0.15, 0.2) is 11.5 Å². The molecule has 0 fully saturated rings. The van der Waals surface area contributed by atoms with Crippen LogP contribution in [0.15, 0.2) is 18.2 Å². The van der Waals surface area contributed by atoms with E-state index in [1.165, 1.54) is 0 Å². The van der Waals surface area contributed by atoms with Crippen molar-refractivity contribution < 1.29 is 19.1 Å². The molecule has 0 unspecified atom stereocenters. The van der Waals surface area contributed by atoms with Crippen molar-refractivity contribution in [3.8, 4) is 11.5 Å². The lowest BCUT2D eigenvalue weighted by atomic mass is 10.0. The molecule has 6 nitrogen and oxygen atoms in total. The summed E-state index contributed by atoms with van der Waals surface area (Å²) in [6.07, 6.45) is 1.91. The Morgan fingerprint density at radius 3 is 2.21 bits per heavy atom. The highest BCUT2D eigenvalue weighted by Gasteiger charge is 2.13. The number of nitrogens with one attached hydrogen (secondary N) is 2. The molecule has 0 spiro atoms. The molecule has 1 aromatic carbocycles. The van der Waals surface area contributed by atoms with Crippen molar-refractivity contribution >= 4 is 11.8 Å². The van der Waals surface area contributed by atoms with Crippen LogP contribution in [-0.4, -0.2) is 39.1 Å². The van der Waals surface area contributed by atoms with Gasteiger partial charge in [-0.3, -0.25) is 9.59 Å². The Kier molecular flexibility index (Phi) is 8.68. The van der Waals surface area contributed by atoms with Gasteiger partial charge in [-0.1, -0.05) is 19.9 Å². The summed E-state index contributed by atoms with van der Waals surface area (Å²) in [7, 11) is 3.13. The molecule has 0 bridgehead atoms. The fraction of sp³-hybridized carbons (Fsp3) is 0.556. The first-order valence-electron chi connectivity index (χ1n) is 8.30. The number of carbonyl (C=O) groups excluding carboxylic acids is 2. The number of methoxy groups -OCH3 is 2. The van der Waals surface area contributed by atoms with E-state index in [1.54, 1.807) is 26.4 Å². The van der Waals surface area contributed by atoms with E-state index in [2.05, 4.69) is 10.6 Å². The summed E-state index contributed by atoms with van der Waals surface area (Å²) >= 11 is 0. The molecule has 0 atom stereocenters. The summed E-state index contributed by atoms with van der Waals surface area (Å²) in [6.45, 7) is 4.85. The Morgan fingerprint density at radius 2 is 1.62 bits per heavy atom. The monoisotopic (exact) mass is 336 g/mol. The van der Waals surface area contributed by atoms with Gasteiger partial charge in [-0.2, -0.15) is 0 Å². The smallest absolute Gasteiger partial charge is 0.224 e. The van der Waals surface area contributed by atoms with Crippen LogP contribution in [0.1, 0.15) is 32.3 Å². The maximum Gasteiger partial charge on any atom is 0.224 e. The average Bonchev–Trinajstić information content (AvgIpc) is 2.59. The van der Waals surface area contributed by atoms with E-state index in [-0.39, 0.29) is 24.2 Å². The van der Waals surface area contributed by atoms with E-state index >= 15 is 0 Å². The summed E-state index contributed by atoms with van der Waals surface area (Å²) in [4.78, 5) is 23.8. The Morgan fingerprint density at radius 1 is 1.00 bits per heavy atom. The standard InChI is InChI=1S/C18H28N2O4/c1-5-14(6-2)18(22)20-10-9-19-17(21)12-13-7-8-15(23-3)16(11-13)24-4/h7-8,11,14H,5-6,9-10,12H2,1-4H3,(H,19,21)(H,20,22). The summed E-state index contributed by atoms with van der Waals surface area (Å²) in [5, 5.41) is 5.65. The van der Waals surface area contributed by atoms with Crippen molar-refractivity contribution in [3.05, 3.63) is 23.8 Å². The molecule has 0 saturated heterocycles. The van der Waals surface area contributed by atoms with Crippen molar-refractivity contribution in [2.24, 2.45) is 5.92 Å². The minimum atomic E-state index is -0.0981. The molecule has 0 heterocycles. The van der Waals surface area contributed by atoms with Crippen LogP contribution in [0, 0.1) is 5.92 Å². The zero-order chi connectivity index (χ0) is 17.9. The second kappa shape index (κ2) is 10.5. The first-order valence-corrected chi connectivity index (χ1v) is 8.30. The van der Waals surface area contributed by atoms with Gasteiger partial charge >= 0.3 is 0 Å². The van der Waals surface area contributed by atoms with Crippen molar-refractivity contribution in [1.82, 2.24) is 10.6 Å². The van der Waals surface area contributed by atoms with Gasteiger partial charge in [-0.05, 0) is 30.5 Å². The first kappa shape index (κ1) is 19.8. The number of hydrogen-bond donors (Lipinski definition) is 2. The van der Waals surface area contributed by atoms with E-state index in [9.17, 15) is 9.59 Å². The molecule has 0 aliphatic heterocycles. The molecule has 2 N–H and O–H groups in total. The zero-order valence-electron chi connectivity index (χ0n) is 15.0. The van der Waals surface area contributed by atoms with E-state index in [4.69, 9.17) is 9.47 Å². The number of hydrogen-bond acceptors (Lipinski definition) is 4. The minimum absolute atomic E-state index is 0.0486. The number of amides is 2. The third-order valence-corrected chi connectivity index (χ3v) is 3.92. The molecule has 134 valence electrons. The molecule has 6 heteroatoms. The number of ether oxygens (including phenoxy) is 2. The van der Waals surface area contributed by atoms with E-state index in [1.807, 2.05) is 19.9 Å². The van der Waals surface area contributed by atoms with E-state index in [0.717, 1.165) is 18.4 Å². The molecular weight excluding hydrogens is 308 g/mol. The molecule has 2 amide bonds. The highest BCUT2D eigenvalue weighted by Crippen LogP contribution is 2.27. The molecule has 0 aromatic heterocycles. The minimum Gasteiger partial charge on any atom is -0.493 e. The summed E-state index contributed by atoms with van der Waals surface area (Å²) in [5.74, 6) is 1.23. The van der Waals surface area contributed by atoms with Crippen molar-refractivity contribution in [3.63, 3.8) is 0 Å². The predicted octanol–water partition coefficient (Wildman–Crippen LogP) is 1.91. The largest absolute Gasteiger partial charge is 0.493 e. The molecule has 24 heavy (non-hydrogen) atoms. The van der Waals surface area contributed by atoms with Crippen LogP contribution in [0.3, 0.4) is 0 Å². The van der Waals surface area contributed by atoms with Crippen LogP contribution in [0.4, 0.5) is 0 Å². The van der Waals surface area contributed by atoms with Gasteiger partial charge in [0, 0.05) is 19.0 Å². The van der Waals surface area contributed by atoms with Crippen molar-refractivity contribution in [1.29, 1.82) is 0 Å². The van der Waals surface area contributed by atoms with Crippen LogP contribution < -0.4 is 20.1 Å². The normalized spacial score (nSPS) is 10.4. The molecule has 0 saturated carbocycles. The predicted molar refractivity (Wildman–Crippen MR) is 93.3 cm³/mol. The topological polar surface area (TPSA) is 76.7 Å². The second-order valence-electron chi connectivity index (χ2n) is 5.52. The molecule has 0 radical (unpaired) electrons. The maximum atomic E-state index is 12.0. The van der Waals surface area contributed by atoms with Crippen LogP contribution in [0.5, 0.6) is 11.5 Å². The van der Waals surface area contributed by atoms with Crippen molar-refractivity contribution in [2.75, 3.05) is 27.3 Å². The number of rotatable bonds is 10. The fourth-order valence-corrected chi connectivity index (χ4v) is 2.43. The lowest BCUT2D eigenvalue weighted by molar-refractivity contribution is -0.125. The Bertz CT molecular complexity index is 542. The van der Waals surface area contributed by atoms with Crippen LogP contribution in [0.2, 0.25) is 0 Å². The summed E-state index contributed by atoms with van der Waals surface area (Å²) in [6, 6.07) is 5.39. The SMILES string of the molecule is CCC(CC)C(=O)NCCNC(=O)Cc1ccc(OC)c(OC)c1. The fourth-order valence-electron chi connectivity index (χ4n) is 2.43. The highest BCUT2D eigenvalue weighted by molar-refractivity contribution is 5.79. The second-order valence-corrected chi connectivity index (χ2v) is 5.52. The molecule has 1 rings (SSSR count). The van der Waals surface area contributed by atoms with Crippen LogP contribution in [0.25, 0.3) is 0 Å². The maximum absolute atomic E-state index is 12.0. The zero-order valence-corrected chi connectivity index (χ0v) is 15.0. The first-order chi connectivity index (χ1) is 11.5.